The fourth-order valence-corrected chi connectivity index (χ4v) is 4.13. The molecule has 4 rings (SSSR count). The number of hydrogen-bond donors (Lipinski definition) is 2. The molecule has 0 aliphatic rings. The van der Waals surface area contributed by atoms with Gasteiger partial charge in [0.1, 0.15) is 5.82 Å². The summed E-state index contributed by atoms with van der Waals surface area (Å²) in [6, 6.07) is 16.5. The maximum atomic E-state index is 13.4. The van der Waals surface area contributed by atoms with Gasteiger partial charge < -0.3 is 4.98 Å². The van der Waals surface area contributed by atoms with Crippen LogP contribution in [0.4, 0.5) is 4.39 Å². The van der Waals surface area contributed by atoms with E-state index in [1.54, 1.807) is 36.3 Å². The molecule has 2 aromatic heterocycles. The zero-order valence-electron chi connectivity index (χ0n) is 15.2. The number of aryl methyl sites for hydroxylation is 1. The Labute approximate surface area is 172 Å². The molecule has 140 valence electrons. The number of imidazole rings is 1. The van der Waals surface area contributed by atoms with Gasteiger partial charge in [-0.15, -0.1) is 12.6 Å². The summed E-state index contributed by atoms with van der Waals surface area (Å²) >= 11 is 6.17. The van der Waals surface area contributed by atoms with Crippen molar-refractivity contribution in [2.75, 3.05) is 0 Å². The van der Waals surface area contributed by atoms with Crippen LogP contribution < -0.4 is 0 Å². The van der Waals surface area contributed by atoms with Crippen molar-refractivity contribution in [3.8, 4) is 22.5 Å². The summed E-state index contributed by atoms with van der Waals surface area (Å²) in [4.78, 5) is 13.3. The largest absolute Gasteiger partial charge is 0.332 e. The maximum Gasteiger partial charge on any atom is 0.166 e. The van der Waals surface area contributed by atoms with Gasteiger partial charge in [-0.05, 0) is 55.0 Å². The summed E-state index contributed by atoms with van der Waals surface area (Å²) < 4.78 is 13.4. The summed E-state index contributed by atoms with van der Waals surface area (Å²) in [7, 11) is 0. The Balaban J connectivity index is 1.69. The lowest BCUT2D eigenvalue weighted by Crippen LogP contribution is -1.86. The zero-order chi connectivity index (χ0) is 19.5. The molecule has 0 fully saturated rings. The average molecular weight is 408 g/mol. The van der Waals surface area contributed by atoms with Crippen LogP contribution in [0.15, 0.2) is 77.0 Å². The van der Waals surface area contributed by atoms with E-state index in [1.165, 1.54) is 23.3 Å². The smallest absolute Gasteiger partial charge is 0.166 e. The third kappa shape index (κ3) is 4.13. The van der Waals surface area contributed by atoms with E-state index in [1.807, 2.05) is 18.2 Å². The van der Waals surface area contributed by atoms with Crippen molar-refractivity contribution in [1.29, 1.82) is 0 Å². The summed E-state index contributed by atoms with van der Waals surface area (Å²) in [6.45, 7) is 2.07. The van der Waals surface area contributed by atoms with Gasteiger partial charge in [0.2, 0.25) is 0 Å². The van der Waals surface area contributed by atoms with E-state index >= 15 is 0 Å². The van der Waals surface area contributed by atoms with Crippen LogP contribution in [0, 0.1) is 12.7 Å². The number of H-pyrrole nitrogens is 1. The lowest BCUT2D eigenvalue weighted by Gasteiger charge is -2.04. The molecule has 0 bridgehead atoms. The number of rotatable bonds is 5. The number of hydrogen-bond acceptors (Lipinski definition) is 4. The first-order valence-corrected chi connectivity index (χ1v) is 10.2. The van der Waals surface area contributed by atoms with Crippen LogP contribution in [0.2, 0.25) is 0 Å². The lowest BCUT2D eigenvalue weighted by molar-refractivity contribution is 0.628. The topological polar surface area (TPSA) is 41.6 Å². The Bertz CT molecular complexity index is 1090. The number of aromatic nitrogens is 3. The van der Waals surface area contributed by atoms with Crippen molar-refractivity contribution in [2.24, 2.45) is 0 Å². The standard InChI is InChI=1S/C22H18FN3S2/c1-14-2-7-19(27)17(12-14)13-28-22-25-20(15-3-5-18(23)6-4-15)21(26-22)16-8-10-24-11-9-16/h2-12,27H,13H2,1H3,(H,25,26). The first-order valence-electron chi connectivity index (χ1n) is 8.78. The van der Waals surface area contributed by atoms with Crippen LogP contribution in [-0.4, -0.2) is 15.0 Å². The Kier molecular flexibility index (Phi) is 5.50. The van der Waals surface area contributed by atoms with Gasteiger partial charge in [-0.2, -0.15) is 0 Å². The van der Waals surface area contributed by atoms with E-state index in [0.29, 0.717) is 0 Å². The van der Waals surface area contributed by atoms with Gasteiger partial charge in [-0.3, -0.25) is 4.98 Å². The van der Waals surface area contributed by atoms with Crippen molar-refractivity contribution in [3.63, 3.8) is 0 Å². The van der Waals surface area contributed by atoms with E-state index < -0.39 is 0 Å². The molecule has 2 heterocycles. The first-order chi connectivity index (χ1) is 13.6. The molecule has 1 N–H and O–H groups in total. The Morgan fingerprint density at radius 1 is 1.00 bits per heavy atom. The van der Waals surface area contributed by atoms with Gasteiger partial charge >= 0.3 is 0 Å². The van der Waals surface area contributed by atoms with Gasteiger partial charge in [0, 0.05) is 34.2 Å². The SMILES string of the molecule is Cc1ccc(S)c(CSc2nc(-c3ccc(F)cc3)c(-c3ccncc3)[nH]2)c1. The van der Waals surface area contributed by atoms with Crippen molar-refractivity contribution >= 4 is 24.4 Å². The summed E-state index contributed by atoms with van der Waals surface area (Å²) in [5.74, 6) is 0.493. The van der Waals surface area contributed by atoms with Gasteiger partial charge in [0.05, 0.1) is 11.4 Å². The average Bonchev–Trinajstić information content (AvgIpc) is 3.14. The van der Waals surface area contributed by atoms with Gasteiger partial charge in [0.15, 0.2) is 5.16 Å². The Morgan fingerprint density at radius 2 is 1.75 bits per heavy atom. The molecule has 0 amide bonds. The van der Waals surface area contributed by atoms with Crippen LogP contribution in [-0.2, 0) is 5.75 Å². The Morgan fingerprint density at radius 3 is 2.50 bits per heavy atom. The molecule has 4 aromatic rings. The summed E-state index contributed by atoms with van der Waals surface area (Å²) in [6.07, 6.45) is 3.49. The van der Waals surface area contributed by atoms with E-state index in [2.05, 4.69) is 41.7 Å². The molecule has 0 aliphatic heterocycles. The van der Waals surface area contributed by atoms with Crippen LogP contribution >= 0.6 is 24.4 Å². The lowest BCUT2D eigenvalue weighted by atomic mass is 10.1. The molecule has 0 spiro atoms. The summed E-state index contributed by atoms with van der Waals surface area (Å²) in [5, 5.41) is 0.806. The molecule has 0 saturated heterocycles. The van der Waals surface area contributed by atoms with Crippen LogP contribution in [0.25, 0.3) is 22.5 Å². The van der Waals surface area contributed by atoms with E-state index in [9.17, 15) is 4.39 Å². The van der Waals surface area contributed by atoms with E-state index in [-0.39, 0.29) is 5.82 Å². The number of aromatic amines is 1. The molecule has 6 heteroatoms. The second kappa shape index (κ2) is 8.20. The number of nitrogens with zero attached hydrogens (tertiary/aromatic N) is 2. The van der Waals surface area contributed by atoms with Crippen molar-refractivity contribution in [2.45, 2.75) is 22.7 Å². The third-order valence-corrected chi connectivity index (χ3v) is 5.73. The minimum absolute atomic E-state index is 0.264. The van der Waals surface area contributed by atoms with E-state index in [0.717, 1.165) is 38.3 Å². The molecule has 0 aliphatic carbocycles. The molecule has 3 nitrogen and oxygen atoms in total. The summed E-state index contributed by atoms with van der Waals surface area (Å²) in [5.41, 5.74) is 5.91. The number of benzene rings is 2. The fourth-order valence-electron chi connectivity index (χ4n) is 2.94. The highest BCUT2D eigenvalue weighted by atomic mass is 32.2. The normalized spacial score (nSPS) is 11.0. The number of thioether (sulfide) groups is 1. The maximum absolute atomic E-state index is 13.4. The number of pyridine rings is 1. The quantitative estimate of drug-likeness (QED) is 0.307. The molecule has 0 unspecified atom stereocenters. The van der Waals surface area contributed by atoms with Gasteiger partial charge in [-0.25, -0.2) is 9.37 Å². The van der Waals surface area contributed by atoms with Crippen LogP contribution in [0.5, 0.6) is 0 Å². The number of halogens is 1. The third-order valence-electron chi connectivity index (χ3n) is 4.37. The predicted octanol–water partition coefficient (Wildman–Crippen LogP) is 6.17. The highest BCUT2D eigenvalue weighted by Crippen LogP contribution is 2.34. The second-order valence-electron chi connectivity index (χ2n) is 6.43. The molecule has 2 aromatic carbocycles. The molecule has 0 radical (unpaired) electrons. The van der Waals surface area contributed by atoms with Crippen molar-refractivity contribution in [1.82, 2.24) is 15.0 Å². The molecular formula is C22H18FN3S2. The molecule has 0 saturated carbocycles. The molecular weight excluding hydrogens is 389 g/mol. The van der Waals surface area contributed by atoms with E-state index in [4.69, 9.17) is 4.98 Å². The minimum atomic E-state index is -0.264. The zero-order valence-corrected chi connectivity index (χ0v) is 16.9. The highest BCUT2D eigenvalue weighted by Gasteiger charge is 2.15. The van der Waals surface area contributed by atoms with Gasteiger partial charge in [0.25, 0.3) is 0 Å². The Hall–Kier alpha value is -2.57. The molecule has 28 heavy (non-hydrogen) atoms. The highest BCUT2D eigenvalue weighted by molar-refractivity contribution is 7.98. The van der Waals surface area contributed by atoms with Crippen molar-refractivity contribution in [3.05, 3.63) is 83.9 Å². The monoisotopic (exact) mass is 407 g/mol. The second-order valence-corrected chi connectivity index (χ2v) is 7.88. The first kappa shape index (κ1) is 18.8. The minimum Gasteiger partial charge on any atom is -0.332 e. The number of thiol groups is 1. The van der Waals surface area contributed by atoms with Crippen molar-refractivity contribution < 1.29 is 4.39 Å². The van der Waals surface area contributed by atoms with Crippen LogP contribution in [0.1, 0.15) is 11.1 Å². The predicted molar refractivity (Wildman–Crippen MR) is 115 cm³/mol. The van der Waals surface area contributed by atoms with Gasteiger partial charge in [-0.1, -0.05) is 29.5 Å². The fraction of sp³-hybridized carbons (Fsp3) is 0.0909. The number of nitrogens with one attached hydrogen (secondary N) is 1. The van der Waals surface area contributed by atoms with Crippen LogP contribution in [0.3, 0.4) is 0 Å². The molecule has 0 atom stereocenters.